The molecule has 0 bridgehead atoms. The maximum absolute atomic E-state index is 12.4. The largest absolute Gasteiger partial charge is 0.497 e. The van der Waals surface area contributed by atoms with Crippen molar-refractivity contribution in [1.29, 1.82) is 0 Å². The van der Waals surface area contributed by atoms with Crippen molar-refractivity contribution in [3.63, 3.8) is 0 Å². The van der Waals surface area contributed by atoms with Gasteiger partial charge in [-0.25, -0.2) is 13.1 Å². The van der Waals surface area contributed by atoms with Crippen LogP contribution in [-0.2, 0) is 19.5 Å². The average Bonchev–Trinajstić information content (AvgIpc) is 2.45. The molecule has 0 saturated carbocycles. The van der Waals surface area contributed by atoms with Gasteiger partial charge in [0.2, 0.25) is 10.0 Å². The topological polar surface area (TPSA) is 73.9 Å². The van der Waals surface area contributed by atoms with Crippen molar-refractivity contribution in [3.05, 3.63) is 23.8 Å². The fourth-order valence-corrected chi connectivity index (χ4v) is 3.24. The second-order valence-corrected chi connectivity index (χ2v) is 6.78. The minimum atomic E-state index is -3.62. The van der Waals surface area contributed by atoms with E-state index < -0.39 is 15.6 Å². The predicted octanol–water partition coefficient (Wildman–Crippen LogP) is 1.33. The summed E-state index contributed by atoms with van der Waals surface area (Å²) in [5.74, 6) is 0.618. The van der Waals surface area contributed by atoms with Gasteiger partial charge in [-0.15, -0.1) is 0 Å². The van der Waals surface area contributed by atoms with Crippen molar-refractivity contribution in [1.82, 2.24) is 4.72 Å². The third-order valence-electron chi connectivity index (χ3n) is 3.25. The average molecular weight is 317 g/mol. The first-order chi connectivity index (χ1) is 9.78. The van der Waals surface area contributed by atoms with Crippen LogP contribution in [0, 0.1) is 6.92 Å². The molecule has 21 heavy (non-hydrogen) atoms. The molecule has 1 aromatic carbocycles. The third kappa shape index (κ3) is 4.67. The summed E-state index contributed by atoms with van der Waals surface area (Å²) in [4.78, 5) is 0.221. The quantitative estimate of drug-likeness (QED) is 0.783. The number of methoxy groups -OCH3 is 3. The molecule has 0 heterocycles. The van der Waals surface area contributed by atoms with E-state index in [1.807, 2.05) is 0 Å². The number of rotatable bonds is 8. The van der Waals surface area contributed by atoms with E-state index in [4.69, 9.17) is 14.2 Å². The normalized spacial score (nSPS) is 14.7. The number of hydrogen-bond acceptors (Lipinski definition) is 5. The van der Waals surface area contributed by atoms with E-state index >= 15 is 0 Å². The second kappa shape index (κ2) is 7.22. The van der Waals surface area contributed by atoms with Crippen molar-refractivity contribution in [2.24, 2.45) is 0 Å². The van der Waals surface area contributed by atoms with Crippen molar-refractivity contribution >= 4 is 10.0 Å². The summed E-state index contributed by atoms with van der Waals surface area (Å²) < 4.78 is 42.7. The van der Waals surface area contributed by atoms with Gasteiger partial charge < -0.3 is 14.2 Å². The highest BCUT2D eigenvalue weighted by Gasteiger charge is 2.27. The van der Waals surface area contributed by atoms with Gasteiger partial charge >= 0.3 is 0 Å². The lowest BCUT2D eigenvalue weighted by atomic mass is 10.1. The van der Waals surface area contributed by atoms with Crippen molar-refractivity contribution in [2.45, 2.75) is 24.3 Å². The second-order valence-electron chi connectivity index (χ2n) is 5.04. The summed E-state index contributed by atoms with van der Waals surface area (Å²) in [6.07, 6.45) is 0. The van der Waals surface area contributed by atoms with Gasteiger partial charge in [0.05, 0.1) is 18.6 Å². The molecule has 0 amide bonds. The first-order valence-electron chi connectivity index (χ1n) is 6.46. The number of nitrogens with one attached hydrogen (secondary N) is 1. The van der Waals surface area contributed by atoms with Crippen LogP contribution in [0.25, 0.3) is 0 Å². The van der Waals surface area contributed by atoms with E-state index in [0.717, 1.165) is 0 Å². The van der Waals surface area contributed by atoms with E-state index in [0.29, 0.717) is 11.3 Å². The monoisotopic (exact) mass is 317 g/mol. The van der Waals surface area contributed by atoms with Crippen LogP contribution < -0.4 is 9.46 Å². The zero-order valence-corrected chi connectivity index (χ0v) is 13.9. The molecular formula is C14H23NO5S. The Kier molecular flexibility index (Phi) is 6.15. The van der Waals surface area contributed by atoms with Gasteiger partial charge in [-0.1, -0.05) is 0 Å². The highest BCUT2D eigenvalue weighted by Crippen LogP contribution is 2.21. The van der Waals surface area contributed by atoms with Crippen LogP contribution >= 0.6 is 0 Å². The Bertz CT molecular complexity index is 573. The summed E-state index contributed by atoms with van der Waals surface area (Å²) in [6.45, 7) is 3.90. The molecule has 120 valence electrons. The summed E-state index contributed by atoms with van der Waals surface area (Å²) in [5, 5.41) is 0. The van der Waals surface area contributed by atoms with Gasteiger partial charge in [0.15, 0.2) is 0 Å². The van der Waals surface area contributed by atoms with Crippen LogP contribution in [0.4, 0.5) is 0 Å². The number of benzene rings is 1. The standard InChI is InChI=1S/C14H23NO5S/c1-11-8-12(19-4)6-7-13(11)21(16,17)15-9-14(2,20-5)10-18-3/h6-8,15H,9-10H2,1-5H3/t14-/m0/s1. The molecule has 6 nitrogen and oxygen atoms in total. The Hall–Kier alpha value is -1.15. The minimum absolute atomic E-state index is 0.116. The molecule has 0 aliphatic rings. The molecule has 1 rings (SSSR count). The molecule has 1 N–H and O–H groups in total. The molecule has 0 aliphatic carbocycles. The molecule has 0 unspecified atom stereocenters. The summed E-state index contributed by atoms with van der Waals surface area (Å²) in [6, 6.07) is 4.82. The third-order valence-corrected chi connectivity index (χ3v) is 4.81. The summed E-state index contributed by atoms with van der Waals surface area (Å²) in [5.41, 5.74) is -0.102. The van der Waals surface area contributed by atoms with Gasteiger partial charge in [-0.05, 0) is 37.6 Å². The number of ether oxygens (including phenoxy) is 3. The smallest absolute Gasteiger partial charge is 0.240 e. The maximum Gasteiger partial charge on any atom is 0.240 e. The highest BCUT2D eigenvalue weighted by atomic mass is 32.2. The Morgan fingerprint density at radius 1 is 1.24 bits per heavy atom. The van der Waals surface area contributed by atoms with Crippen LogP contribution in [-0.4, -0.2) is 48.5 Å². The number of hydrogen-bond donors (Lipinski definition) is 1. The molecule has 0 aliphatic heterocycles. The first-order valence-corrected chi connectivity index (χ1v) is 7.95. The Balaban J connectivity index is 2.92. The minimum Gasteiger partial charge on any atom is -0.497 e. The lowest BCUT2D eigenvalue weighted by Crippen LogP contribution is -2.45. The van der Waals surface area contributed by atoms with Crippen LogP contribution in [0.15, 0.2) is 23.1 Å². The van der Waals surface area contributed by atoms with E-state index in [-0.39, 0.29) is 18.0 Å². The van der Waals surface area contributed by atoms with Crippen LogP contribution in [0.3, 0.4) is 0 Å². The number of aryl methyl sites for hydroxylation is 1. The lowest BCUT2D eigenvalue weighted by Gasteiger charge is -2.27. The highest BCUT2D eigenvalue weighted by molar-refractivity contribution is 7.89. The fourth-order valence-electron chi connectivity index (χ4n) is 1.86. The molecule has 0 aromatic heterocycles. The van der Waals surface area contributed by atoms with E-state index in [1.165, 1.54) is 20.3 Å². The Morgan fingerprint density at radius 2 is 1.90 bits per heavy atom. The predicted molar refractivity (Wildman–Crippen MR) is 80.2 cm³/mol. The molecule has 0 radical (unpaired) electrons. The molecule has 1 aromatic rings. The van der Waals surface area contributed by atoms with Crippen molar-refractivity contribution in [2.75, 3.05) is 34.5 Å². The molecular weight excluding hydrogens is 294 g/mol. The van der Waals surface area contributed by atoms with Crippen molar-refractivity contribution < 1.29 is 22.6 Å². The molecule has 1 atom stereocenters. The Labute approximate surface area is 126 Å². The molecule has 0 saturated heterocycles. The summed E-state index contributed by atoms with van der Waals surface area (Å²) in [7, 11) is 0.980. The van der Waals surface area contributed by atoms with Gasteiger partial charge in [0, 0.05) is 20.8 Å². The maximum atomic E-state index is 12.4. The van der Waals surface area contributed by atoms with Gasteiger partial charge in [-0.2, -0.15) is 0 Å². The lowest BCUT2D eigenvalue weighted by molar-refractivity contribution is -0.0460. The summed E-state index contributed by atoms with van der Waals surface area (Å²) >= 11 is 0. The van der Waals surface area contributed by atoms with Crippen LogP contribution in [0.2, 0.25) is 0 Å². The number of sulfonamides is 1. The molecule has 0 spiro atoms. The SMILES string of the molecule is COC[C@](C)(CNS(=O)(=O)c1ccc(OC)cc1C)OC. The van der Waals surface area contributed by atoms with Gasteiger partial charge in [-0.3, -0.25) is 0 Å². The van der Waals surface area contributed by atoms with Gasteiger partial charge in [0.25, 0.3) is 0 Å². The van der Waals surface area contributed by atoms with Gasteiger partial charge in [0.1, 0.15) is 11.4 Å². The zero-order chi connectivity index (χ0) is 16.1. The molecule has 7 heteroatoms. The van der Waals surface area contributed by atoms with Crippen LogP contribution in [0.5, 0.6) is 5.75 Å². The zero-order valence-electron chi connectivity index (χ0n) is 13.1. The molecule has 0 fully saturated rings. The van der Waals surface area contributed by atoms with Crippen LogP contribution in [0.1, 0.15) is 12.5 Å². The van der Waals surface area contributed by atoms with Crippen molar-refractivity contribution in [3.8, 4) is 5.75 Å². The van der Waals surface area contributed by atoms with E-state index in [2.05, 4.69) is 4.72 Å². The van der Waals surface area contributed by atoms with E-state index in [1.54, 1.807) is 33.1 Å². The van der Waals surface area contributed by atoms with E-state index in [9.17, 15) is 8.42 Å². The fraction of sp³-hybridized carbons (Fsp3) is 0.571. The first kappa shape index (κ1) is 17.9. The Morgan fingerprint density at radius 3 is 2.38 bits per heavy atom.